The predicted octanol–water partition coefficient (Wildman–Crippen LogP) is 7.15. The van der Waals surface area contributed by atoms with Crippen molar-refractivity contribution in [3.8, 4) is 0 Å². The molecule has 29 heavy (non-hydrogen) atoms. The van der Waals surface area contributed by atoms with Crippen molar-refractivity contribution in [1.29, 1.82) is 0 Å². The Morgan fingerprint density at radius 3 is 1.86 bits per heavy atom. The van der Waals surface area contributed by atoms with E-state index in [-0.39, 0.29) is 5.82 Å². The van der Waals surface area contributed by atoms with Gasteiger partial charge in [0, 0.05) is 10.6 Å². The van der Waals surface area contributed by atoms with E-state index in [1.54, 1.807) is 12.1 Å². The van der Waals surface area contributed by atoms with Gasteiger partial charge in [-0.3, -0.25) is 0 Å². The van der Waals surface area contributed by atoms with Gasteiger partial charge in [0.1, 0.15) is 17.3 Å². The molecule has 146 valence electrons. The fourth-order valence-electron chi connectivity index (χ4n) is 4.02. The average molecular weight is 405 g/mol. The molecule has 0 unspecified atom stereocenters. The molecule has 1 heterocycles. The molecule has 0 radical (unpaired) electrons. The molecular weight excluding hydrogens is 383 g/mol. The standard InChI is InChI=1S/C26H22ClFO/c1-19-12-15-25(29-19)26(17-20-8-4-2-5-9-20,18-21-10-6-3-7-11-21)23-14-13-22(27)16-24(23)28/h2-16H,17-18H2,1H3. The monoisotopic (exact) mass is 404 g/mol. The van der Waals surface area contributed by atoms with Gasteiger partial charge in [0.2, 0.25) is 0 Å². The summed E-state index contributed by atoms with van der Waals surface area (Å²) in [6, 6.07) is 29.1. The van der Waals surface area contributed by atoms with E-state index < -0.39 is 5.41 Å². The normalized spacial score (nSPS) is 11.6. The molecule has 1 nitrogen and oxygen atoms in total. The number of hydrogen-bond acceptors (Lipinski definition) is 1. The Balaban J connectivity index is 1.95. The van der Waals surface area contributed by atoms with Gasteiger partial charge >= 0.3 is 0 Å². The maximum Gasteiger partial charge on any atom is 0.128 e. The van der Waals surface area contributed by atoms with E-state index in [1.807, 2.05) is 55.5 Å². The van der Waals surface area contributed by atoms with E-state index in [1.165, 1.54) is 6.07 Å². The van der Waals surface area contributed by atoms with Gasteiger partial charge in [0.05, 0.1) is 5.41 Å². The highest BCUT2D eigenvalue weighted by atomic mass is 35.5. The third kappa shape index (κ3) is 4.13. The van der Waals surface area contributed by atoms with Crippen LogP contribution in [0.3, 0.4) is 0 Å². The molecule has 0 saturated heterocycles. The largest absolute Gasteiger partial charge is 0.465 e. The third-order valence-corrected chi connectivity index (χ3v) is 5.59. The second-order valence-electron chi connectivity index (χ2n) is 7.44. The predicted molar refractivity (Wildman–Crippen MR) is 116 cm³/mol. The summed E-state index contributed by atoms with van der Waals surface area (Å²) in [6.45, 7) is 1.91. The Bertz CT molecular complexity index is 1040. The first kappa shape index (κ1) is 19.5. The first-order valence-corrected chi connectivity index (χ1v) is 10.0. The lowest BCUT2D eigenvalue weighted by atomic mass is 9.69. The minimum Gasteiger partial charge on any atom is -0.465 e. The maximum atomic E-state index is 15.3. The first-order chi connectivity index (χ1) is 14.1. The topological polar surface area (TPSA) is 13.1 Å². The minimum atomic E-state index is -0.703. The van der Waals surface area contributed by atoms with Crippen LogP contribution in [0.25, 0.3) is 0 Å². The van der Waals surface area contributed by atoms with Gasteiger partial charge in [-0.2, -0.15) is 0 Å². The summed E-state index contributed by atoms with van der Waals surface area (Å²) in [5, 5.41) is 0.384. The Labute approximate surface area is 175 Å². The van der Waals surface area contributed by atoms with Crippen molar-refractivity contribution < 1.29 is 8.81 Å². The Morgan fingerprint density at radius 1 is 0.793 bits per heavy atom. The van der Waals surface area contributed by atoms with Gasteiger partial charge < -0.3 is 4.42 Å². The fourth-order valence-corrected chi connectivity index (χ4v) is 4.18. The van der Waals surface area contributed by atoms with Crippen LogP contribution in [0.4, 0.5) is 4.39 Å². The van der Waals surface area contributed by atoms with Gasteiger partial charge in [0.25, 0.3) is 0 Å². The van der Waals surface area contributed by atoms with Crippen molar-refractivity contribution in [3.63, 3.8) is 0 Å². The van der Waals surface area contributed by atoms with E-state index in [9.17, 15) is 0 Å². The zero-order chi connectivity index (χ0) is 20.3. The van der Waals surface area contributed by atoms with Crippen molar-refractivity contribution in [1.82, 2.24) is 0 Å². The van der Waals surface area contributed by atoms with Crippen LogP contribution in [0.5, 0.6) is 0 Å². The van der Waals surface area contributed by atoms with E-state index in [0.717, 1.165) is 22.6 Å². The van der Waals surface area contributed by atoms with Gasteiger partial charge in [-0.15, -0.1) is 0 Å². The molecule has 1 aromatic heterocycles. The quantitative estimate of drug-likeness (QED) is 0.332. The number of aryl methyl sites for hydroxylation is 1. The zero-order valence-corrected chi connectivity index (χ0v) is 17.0. The van der Waals surface area contributed by atoms with Crippen molar-refractivity contribution >= 4 is 11.6 Å². The lowest BCUT2D eigenvalue weighted by Gasteiger charge is -2.34. The van der Waals surface area contributed by atoms with Crippen molar-refractivity contribution in [2.75, 3.05) is 0 Å². The van der Waals surface area contributed by atoms with Crippen LogP contribution in [0.1, 0.15) is 28.2 Å². The van der Waals surface area contributed by atoms with E-state index in [2.05, 4.69) is 24.3 Å². The first-order valence-electron chi connectivity index (χ1n) is 9.67. The molecular formula is C26H22ClFO. The molecule has 3 heteroatoms. The fraction of sp³-hybridized carbons (Fsp3) is 0.154. The van der Waals surface area contributed by atoms with Crippen LogP contribution in [-0.2, 0) is 18.3 Å². The van der Waals surface area contributed by atoms with Gasteiger partial charge in [-0.25, -0.2) is 4.39 Å². The SMILES string of the molecule is Cc1ccc(C(Cc2ccccc2)(Cc2ccccc2)c2ccc(Cl)cc2F)o1. The van der Waals surface area contributed by atoms with Gasteiger partial charge in [0.15, 0.2) is 0 Å². The summed E-state index contributed by atoms with van der Waals surface area (Å²) in [6.07, 6.45) is 1.21. The number of benzene rings is 3. The number of halogens is 2. The average Bonchev–Trinajstić information content (AvgIpc) is 3.16. The van der Waals surface area contributed by atoms with Gasteiger partial charge in [-0.05, 0) is 55.2 Å². The molecule has 4 aromatic rings. The summed E-state index contributed by atoms with van der Waals surface area (Å²) >= 11 is 6.07. The molecule has 0 aliphatic carbocycles. The molecule has 0 N–H and O–H groups in total. The van der Waals surface area contributed by atoms with Crippen LogP contribution < -0.4 is 0 Å². The summed E-state index contributed by atoms with van der Waals surface area (Å²) in [4.78, 5) is 0. The second kappa shape index (κ2) is 8.26. The van der Waals surface area contributed by atoms with Crippen LogP contribution in [0.2, 0.25) is 5.02 Å². The highest BCUT2D eigenvalue weighted by Crippen LogP contribution is 2.41. The van der Waals surface area contributed by atoms with Crippen LogP contribution in [-0.4, -0.2) is 0 Å². The molecule has 0 spiro atoms. The minimum absolute atomic E-state index is 0.321. The Hall–Kier alpha value is -2.84. The van der Waals surface area contributed by atoms with E-state index in [0.29, 0.717) is 23.4 Å². The van der Waals surface area contributed by atoms with Crippen molar-refractivity contribution in [2.45, 2.75) is 25.2 Å². The van der Waals surface area contributed by atoms with Crippen LogP contribution >= 0.6 is 11.6 Å². The van der Waals surface area contributed by atoms with E-state index in [4.69, 9.17) is 16.0 Å². The molecule has 0 bridgehead atoms. The van der Waals surface area contributed by atoms with Crippen molar-refractivity contribution in [3.05, 3.63) is 130 Å². The van der Waals surface area contributed by atoms with Crippen molar-refractivity contribution in [2.24, 2.45) is 0 Å². The maximum absolute atomic E-state index is 15.3. The molecule has 0 fully saturated rings. The zero-order valence-electron chi connectivity index (χ0n) is 16.2. The van der Waals surface area contributed by atoms with Crippen LogP contribution in [0.15, 0.2) is 95.4 Å². The molecule has 0 aliphatic rings. The molecule has 4 rings (SSSR count). The molecule has 0 aliphatic heterocycles. The highest BCUT2D eigenvalue weighted by Gasteiger charge is 2.40. The summed E-state index contributed by atoms with van der Waals surface area (Å²) in [5.41, 5.74) is 2.12. The Kier molecular flexibility index (Phi) is 5.55. The summed E-state index contributed by atoms with van der Waals surface area (Å²) in [7, 11) is 0. The number of furan rings is 1. The third-order valence-electron chi connectivity index (χ3n) is 5.36. The summed E-state index contributed by atoms with van der Waals surface area (Å²) in [5.74, 6) is 1.24. The van der Waals surface area contributed by atoms with Gasteiger partial charge in [-0.1, -0.05) is 78.3 Å². The second-order valence-corrected chi connectivity index (χ2v) is 7.88. The lowest BCUT2D eigenvalue weighted by Crippen LogP contribution is -2.34. The smallest absolute Gasteiger partial charge is 0.128 e. The van der Waals surface area contributed by atoms with E-state index >= 15 is 4.39 Å². The summed E-state index contributed by atoms with van der Waals surface area (Å²) < 4.78 is 21.5. The molecule has 3 aromatic carbocycles. The molecule has 0 amide bonds. The van der Waals surface area contributed by atoms with Crippen LogP contribution in [0, 0.1) is 12.7 Å². The molecule has 0 saturated carbocycles. The number of rotatable bonds is 6. The lowest BCUT2D eigenvalue weighted by molar-refractivity contribution is 0.358. The molecule has 0 atom stereocenters. The highest BCUT2D eigenvalue weighted by molar-refractivity contribution is 6.30. The number of hydrogen-bond donors (Lipinski definition) is 0. The Morgan fingerprint density at radius 2 is 1.38 bits per heavy atom.